The van der Waals surface area contributed by atoms with Gasteiger partial charge in [0.2, 0.25) is 0 Å². The van der Waals surface area contributed by atoms with Gasteiger partial charge >= 0.3 is 5.97 Å². The van der Waals surface area contributed by atoms with Crippen LogP contribution in [0.25, 0.3) is 0 Å². The molecule has 0 saturated carbocycles. The lowest BCUT2D eigenvalue weighted by Gasteiger charge is -2.13. The van der Waals surface area contributed by atoms with Gasteiger partial charge in [0.15, 0.2) is 6.10 Å². The second-order valence-electron chi connectivity index (χ2n) is 4.53. The normalized spacial score (nSPS) is 12.4. The van der Waals surface area contributed by atoms with Crippen LogP contribution in [0.4, 0.5) is 5.69 Å². The monoisotopic (exact) mass is 354 g/mol. The molecule has 1 aromatic carbocycles. The van der Waals surface area contributed by atoms with Crippen LogP contribution in [0.3, 0.4) is 0 Å². The predicted molar refractivity (Wildman–Crippen MR) is 85.6 cm³/mol. The largest absolute Gasteiger partial charge is 0.449 e. The maximum absolute atomic E-state index is 12.2. The van der Waals surface area contributed by atoms with Gasteiger partial charge in [-0.3, -0.25) is 9.52 Å². The van der Waals surface area contributed by atoms with E-state index in [1.54, 1.807) is 23.6 Å². The zero-order chi connectivity index (χ0) is 17.0. The molecule has 1 atom stereocenters. The molecule has 7 nitrogen and oxygen atoms in total. The average molecular weight is 354 g/mol. The number of hydrogen-bond donors (Lipinski definition) is 2. The summed E-state index contributed by atoms with van der Waals surface area (Å²) in [6.07, 6.45) is -1.12. The molecule has 0 fully saturated rings. The Labute approximate surface area is 137 Å². The smallest absolute Gasteiger partial charge is 0.341 e. The molecule has 1 amide bonds. The quantitative estimate of drug-likeness (QED) is 0.764. The fourth-order valence-corrected chi connectivity index (χ4v) is 3.72. The zero-order valence-electron chi connectivity index (χ0n) is 12.1. The van der Waals surface area contributed by atoms with E-state index in [0.717, 1.165) is 11.3 Å². The first-order chi connectivity index (χ1) is 10.8. The van der Waals surface area contributed by atoms with Crippen LogP contribution >= 0.6 is 11.3 Å². The van der Waals surface area contributed by atoms with Crippen molar-refractivity contribution in [1.82, 2.24) is 0 Å². The molecule has 0 aliphatic carbocycles. The van der Waals surface area contributed by atoms with Gasteiger partial charge in [0.1, 0.15) is 4.21 Å². The van der Waals surface area contributed by atoms with Crippen LogP contribution in [0, 0.1) is 0 Å². The highest BCUT2D eigenvalue weighted by atomic mass is 32.2. The van der Waals surface area contributed by atoms with Gasteiger partial charge in [-0.1, -0.05) is 18.2 Å². The van der Waals surface area contributed by atoms with E-state index in [1.807, 2.05) is 0 Å². The van der Waals surface area contributed by atoms with Crippen molar-refractivity contribution in [2.45, 2.75) is 17.2 Å². The van der Waals surface area contributed by atoms with E-state index in [-0.39, 0.29) is 15.5 Å². The van der Waals surface area contributed by atoms with Crippen molar-refractivity contribution < 1.29 is 22.7 Å². The van der Waals surface area contributed by atoms with Gasteiger partial charge in [0.25, 0.3) is 15.9 Å². The molecular weight excluding hydrogens is 340 g/mol. The van der Waals surface area contributed by atoms with Crippen LogP contribution in [-0.4, -0.2) is 26.4 Å². The van der Waals surface area contributed by atoms with E-state index in [1.165, 1.54) is 25.1 Å². The van der Waals surface area contributed by atoms with Gasteiger partial charge in [-0.2, -0.15) is 0 Å². The van der Waals surface area contributed by atoms with Crippen molar-refractivity contribution in [3.63, 3.8) is 0 Å². The number of ether oxygens (including phenoxy) is 1. The number of carbonyl (C=O) groups is 2. The summed E-state index contributed by atoms with van der Waals surface area (Å²) in [6.45, 7) is 1.33. The number of amides is 1. The van der Waals surface area contributed by atoms with Crippen LogP contribution in [0.1, 0.15) is 17.3 Å². The van der Waals surface area contributed by atoms with Gasteiger partial charge in [0.05, 0.1) is 11.3 Å². The van der Waals surface area contributed by atoms with E-state index < -0.39 is 28.0 Å². The minimum atomic E-state index is -3.80. The third-order valence-electron chi connectivity index (χ3n) is 2.84. The molecule has 0 aliphatic heterocycles. The van der Waals surface area contributed by atoms with E-state index in [2.05, 4.69) is 4.72 Å². The predicted octanol–water partition coefficient (Wildman–Crippen LogP) is 1.58. The molecule has 0 radical (unpaired) electrons. The number of nitrogens with two attached hydrogens (primary N) is 1. The number of primary amides is 1. The van der Waals surface area contributed by atoms with Crippen molar-refractivity contribution in [2.75, 3.05) is 4.72 Å². The van der Waals surface area contributed by atoms with Gasteiger partial charge in [-0.15, -0.1) is 11.3 Å². The number of sulfonamides is 1. The highest BCUT2D eigenvalue weighted by molar-refractivity contribution is 7.94. The van der Waals surface area contributed by atoms with E-state index in [4.69, 9.17) is 10.5 Å². The van der Waals surface area contributed by atoms with Gasteiger partial charge in [0, 0.05) is 0 Å². The Balaban J connectivity index is 2.28. The molecule has 2 aromatic rings. The Morgan fingerprint density at radius 2 is 1.91 bits per heavy atom. The molecule has 9 heteroatoms. The zero-order valence-corrected chi connectivity index (χ0v) is 13.7. The molecule has 23 heavy (non-hydrogen) atoms. The number of esters is 1. The fraction of sp³-hybridized carbons (Fsp3) is 0.143. The van der Waals surface area contributed by atoms with Crippen molar-refractivity contribution in [3.05, 3.63) is 47.3 Å². The number of rotatable bonds is 6. The first-order valence-corrected chi connectivity index (χ1v) is 8.83. The Kier molecular flexibility index (Phi) is 5.02. The number of hydrogen-bond acceptors (Lipinski definition) is 6. The fourth-order valence-electron chi connectivity index (χ4n) is 1.64. The molecule has 1 heterocycles. The number of benzene rings is 1. The number of carbonyl (C=O) groups excluding carboxylic acids is 2. The standard InChI is InChI=1S/C14H14N2O5S2/c1-9(13(15)17)21-14(18)10-5-2-3-6-11(10)16-23(19,20)12-7-4-8-22-12/h2-9,16H,1H3,(H2,15,17). The molecule has 2 rings (SSSR count). The minimum absolute atomic E-state index is 0.0132. The van der Waals surface area contributed by atoms with Crippen LogP contribution in [-0.2, 0) is 19.6 Å². The first kappa shape index (κ1) is 17.0. The van der Waals surface area contributed by atoms with Crippen LogP contribution in [0.15, 0.2) is 46.0 Å². The number of anilines is 1. The van der Waals surface area contributed by atoms with E-state index >= 15 is 0 Å². The summed E-state index contributed by atoms with van der Waals surface area (Å²) in [6, 6.07) is 8.99. The van der Waals surface area contributed by atoms with Crippen molar-refractivity contribution >= 4 is 38.9 Å². The molecular formula is C14H14N2O5S2. The van der Waals surface area contributed by atoms with E-state index in [0.29, 0.717) is 0 Å². The Bertz CT molecular complexity index is 815. The van der Waals surface area contributed by atoms with Gasteiger partial charge in [-0.25, -0.2) is 13.2 Å². The van der Waals surface area contributed by atoms with Crippen molar-refractivity contribution in [1.29, 1.82) is 0 Å². The molecule has 3 N–H and O–H groups in total. The molecule has 0 spiro atoms. The third-order valence-corrected chi connectivity index (χ3v) is 5.60. The Morgan fingerprint density at radius 3 is 2.52 bits per heavy atom. The summed E-state index contributed by atoms with van der Waals surface area (Å²) in [5, 5.41) is 1.63. The topological polar surface area (TPSA) is 116 Å². The van der Waals surface area contributed by atoms with Gasteiger partial charge in [-0.05, 0) is 30.5 Å². The number of nitrogens with one attached hydrogen (secondary N) is 1. The Morgan fingerprint density at radius 1 is 1.22 bits per heavy atom. The second-order valence-corrected chi connectivity index (χ2v) is 7.39. The minimum Gasteiger partial charge on any atom is -0.449 e. The van der Waals surface area contributed by atoms with Crippen molar-refractivity contribution in [3.8, 4) is 0 Å². The van der Waals surface area contributed by atoms with Crippen molar-refractivity contribution in [2.24, 2.45) is 5.73 Å². The van der Waals surface area contributed by atoms with Crippen LogP contribution < -0.4 is 10.5 Å². The summed E-state index contributed by atoms with van der Waals surface area (Å²) in [4.78, 5) is 23.1. The summed E-state index contributed by atoms with van der Waals surface area (Å²) in [5.41, 5.74) is 5.08. The SMILES string of the molecule is CC(OC(=O)c1ccccc1NS(=O)(=O)c1cccs1)C(N)=O. The average Bonchev–Trinajstić information content (AvgIpc) is 3.02. The lowest BCUT2D eigenvalue weighted by molar-refractivity contribution is -0.125. The molecule has 0 bridgehead atoms. The third kappa shape index (κ3) is 4.08. The molecule has 0 saturated heterocycles. The first-order valence-electron chi connectivity index (χ1n) is 6.47. The maximum Gasteiger partial charge on any atom is 0.341 e. The molecule has 122 valence electrons. The maximum atomic E-state index is 12.2. The number of para-hydroxylation sites is 1. The highest BCUT2D eigenvalue weighted by Crippen LogP contribution is 2.23. The summed E-state index contributed by atoms with van der Waals surface area (Å²) in [5.74, 6) is -1.64. The summed E-state index contributed by atoms with van der Waals surface area (Å²) in [7, 11) is -3.80. The van der Waals surface area contributed by atoms with Crippen LogP contribution in [0.5, 0.6) is 0 Å². The van der Waals surface area contributed by atoms with E-state index in [9.17, 15) is 18.0 Å². The molecule has 1 aromatic heterocycles. The Hall–Kier alpha value is -2.39. The molecule has 0 aliphatic rings. The highest BCUT2D eigenvalue weighted by Gasteiger charge is 2.22. The van der Waals surface area contributed by atoms with Gasteiger partial charge < -0.3 is 10.5 Å². The summed E-state index contributed by atoms with van der Waals surface area (Å²) < 4.78 is 31.8. The second kappa shape index (κ2) is 6.80. The summed E-state index contributed by atoms with van der Waals surface area (Å²) >= 11 is 1.05. The lowest BCUT2D eigenvalue weighted by atomic mass is 10.2. The van der Waals surface area contributed by atoms with Crippen LogP contribution in [0.2, 0.25) is 0 Å². The number of thiophene rings is 1. The molecule has 1 unspecified atom stereocenters. The lowest BCUT2D eigenvalue weighted by Crippen LogP contribution is -2.30.